The number of aryl methyl sites for hydroxylation is 1. The van der Waals surface area contributed by atoms with Crippen molar-refractivity contribution in [1.29, 1.82) is 0 Å². The van der Waals surface area contributed by atoms with Gasteiger partial charge in [-0.25, -0.2) is 4.98 Å². The molecule has 1 aromatic carbocycles. The van der Waals surface area contributed by atoms with Gasteiger partial charge in [-0.3, -0.25) is 14.2 Å². The van der Waals surface area contributed by atoms with Gasteiger partial charge in [-0.05, 0) is 12.1 Å². The fourth-order valence-corrected chi connectivity index (χ4v) is 4.46. The first-order valence-corrected chi connectivity index (χ1v) is 9.64. The van der Waals surface area contributed by atoms with Crippen molar-refractivity contribution in [3.8, 4) is 11.5 Å². The second-order valence-electron chi connectivity index (χ2n) is 5.54. The second-order valence-corrected chi connectivity index (χ2v) is 7.59. The number of benzene rings is 1. The Labute approximate surface area is 152 Å². The van der Waals surface area contributed by atoms with E-state index >= 15 is 0 Å². The summed E-state index contributed by atoms with van der Waals surface area (Å²) in [5.74, 6) is 2.16. The van der Waals surface area contributed by atoms with Crippen molar-refractivity contribution >= 4 is 35.1 Å². The highest BCUT2D eigenvalue weighted by Gasteiger charge is 2.21. The van der Waals surface area contributed by atoms with E-state index in [-0.39, 0.29) is 24.0 Å². The second kappa shape index (κ2) is 6.64. The topological polar surface area (TPSA) is 82.5 Å². The highest BCUT2D eigenvalue weighted by atomic mass is 32.2. The molecule has 0 atom stereocenters. The first-order chi connectivity index (χ1) is 12.1. The van der Waals surface area contributed by atoms with Gasteiger partial charge in [0.2, 0.25) is 12.7 Å². The predicted molar refractivity (Wildman–Crippen MR) is 95.8 cm³/mol. The molecule has 4 rings (SSSR count). The minimum Gasteiger partial charge on any atom is -0.454 e. The van der Waals surface area contributed by atoms with Crippen molar-refractivity contribution in [2.24, 2.45) is 7.05 Å². The normalized spacial score (nSPS) is 14.4. The number of carbonyl (C=O) groups is 1. The van der Waals surface area contributed by atoms with Crippen LogP contribution in [0.4, 0.5) is 5.69 Å². The van der Waals surface area contributed by atoms with E-state index < -0.39 is 0 Å². The number of nitrogens with zero attached hydrogens (tertiary/aromatic N) is 2. The Kier molecular flexibility index (Phi) is 4.34. The van der Waals surface area contributed by atoms with Gasteiger partial charge < -0.3 is 14.8 Å². The zero-order valence-corrected chi connectivity index (χ0v) is 15.0. The molecule has 3 heterocycles. The van der Waals surface area contributed by atoms with Crippen LogP contribution in [-0.4, -0.2) is 33.8 Å². The molecule has 2 aromatic rings. The Bertz CT molecular complexity index is 913. The summed E-state index contributed by atoms with van der Waals surface area (Å²) >= 11 is 2.80. The van der Waals surface area contributed by atoms with Crippen LogP contribution in [0.15, 0.2) is 33.0 Å². The van der Waals surface area contributed by atoms with Crippen LogP contribution in [0.25, 0.3) is 0 Å². The molecular formula is C16H15N3O4S2. The molecule has 2 aliphatic heterocycles. The molecule has 0 saturated heterocycles. The van der Waals surface area contributed by atoms with Crippen molar-refractivity contribution in [3.05, 3.63) is 34.2 Å². The quantitative estimate of drug-likeness (QED) is 0.643. The lowest BCUT2D eigenvalue weighted by molar-refractivity contribution is -0.113. The van der Waals surface area contributed by atoms with E-state index in [1.807, 2.05) is 0 Å². The van der Waals surface area contributed by atoms with Crippen molar-refractivity contribution < 1.29 is 14.3 Å². The molecule has 130 valence electrons. The number of hydrogen-bond acceptors (Lipinski definition) is 7. The number of hydrogen-bond donors (Lipinski definition) is 1. The zero-order chi connectivity index (χ0) is 17.4. The fourth-order valence-electron chi connectivity index (χ4n) is 2.60. The number of anilines is 1. The van der Waals surface area contributed by atoms with Crippen molar-refractivity contribution in [2.45, 2.75) is 16.5 Å². The number of carbonyl (C=O) groups excluding carboxylic acids is 1. The molecule has 0 fully saturated rings. The molecule has 0 bridgehead atoms. The SMILES string of the molecule is Cn1c(SCC(=O)Nc2ccc3c(c2)OCO3)nc2c(c1=O)SCC2. The summed E-state index contributed by atoms with van der Waals surface area (Å²) in [6, 6.07) is 5.25. The third kappa shape index (κ3) is 3.21. The van der Waals surface area contributed by atoms with Crippen molar-refractivity contribution in [2.75, 3.05) is 23.6 Å². The smallest absolute Gasteiger partial charge is 0.267 e. The van der Waals surface area contributed by atoms with E-state index in [0.29, 0.717) is 22.3 Å². The lowest BCUT2D eigenvalue weighted by Crippen LogP contribution is -2.23. The Morgan fingerprint density at radius 2 is 2.24 bits per heavy atom. The van der Waals surface area contributed by atoms with Crippen LogP contribution in [-0.2, 0) is 18.3 Å². The van der Waals surface area contributed by atoms with Gasteiger partial charge in [0.05, 0.1) is 16.3 Å². The minimum absolute atomic E-state index is 0.0359. The van der Waals surface area contributed by atoms with E-state index in [0.717, 1.165) is 22.8 Å². The Morgan fingerprint density at radius 1 is 1.40 bits per heavy atom. The van der Waals surface area contributed by atoms with Crippen LogP contribution < -0.4 is 20.3 Å². The summed E-state index contributed by atoms with van der Waals surface area (Å²) in [4.78, 5) is 29.7. The third-order valence-electron chi connectivity index (χ3n) is 3.85. The Hall–Kier alpha value is -2.13. The van der Waals surface area contributed by atoms with Gasteiger partial charge in [0.25, 0.3) is 5.56 Å². The molecule has 1 amide bonds. The van der Waals surface area contributed by atoms with Gasteiger partial charge in [0.15, 0.2) is 16.7 Å². The highest BCUT2D eigenvalue weighted by Crippen LogP contribution is 2.34. The summed E-state index contributed by atoms with van der Waals surface area (Å²) in [6.07, 6.45) is 0.799. The molecule has 0 spiro atoms. The van der Waals surface area contributed by atoms with Gasteiger partial charge in [-0.2, -0.15) is 0 Å². The van der Waals surface area contributed by atoms with Crippen molar-refractivity contribution in [1.82, 2.24) is 9.55 Å². The molecule has 25 heavy (non-hydrogen) atoms. The molecule has 0 aliphatic carbocycles. The van der Waals surface area contributed by atoms with E-state index in [4.69, 9.17) is 9.47 Å². The van der Waals surface area contributed by atoms with E-state index in [1.54, 1.807) is 37.0 Å². The predicted octanol–water partition coefficient (Wildman–Crippen LogP) is 1.89. The van der Waals surface area contributed by atoms with Crippen LogP contribution >= 0.6 is 23.5 Å². The standard InChI is InChI=1S/C16H15N3O4S2/c1-19-15(21)14-10(4-5-24-14)18-16(19)25-7-13(20)17-9-2-3-11-12(6-9)23-8-22-11/h2-3,6H,4-5,7-8H2,1H3,(H,17,20). The number of nitrogens with one attached hydrogen (secondary N) is 1. The Morgan fingerprint density at radius 3 is 3.12 bits per heavy atom. The van der Waals surface area contributed by atoms with Gasteiger partial charge in [-0.15, -0.1) is 11.8 Å². The lowest BCUT2D eigenvalue weighted by atomic mass is 10.3. The number of amides is 1. The monoisotopic (exact) mass is 377 g/mol. The average Bonchev–Trinajstić information content (AvgIpc) is 3.25. The summed E-state index contributed by atoms with van der Waals surface area (Å²) < 4.78 is 12.0. The Balaban J connectivity index is 1.42. The van der Waals surface area contributed by atoms with Gasteiger partial charge in [0.1, 0.15) is 0 Å². The molecular weight excluding hydrogens is 362 g/mol. The van der Waals surface area contributed by atoms with Crippen LogP contribution in [0, 0.1) is 0 Å². The average molecular weight is 377 g/mol. The van der Waals surface area contributed by atoms with E-state index in [2.05, 4.69) is 10.3 Å². The molecule has 0 saturated carbocycles. The van der Waals surface area contributed by atoms with Gasteiger partial charge in [-0.1, -0.05) is 11.8 Å². The van der Waals surface area contributed by atoms with Crippen LogP contribution in [0.1, 0.15) is 5.69 Å². The highest BCUT2D eigenvalue weighted by molar-refractivity contribution is 8.00. The fraction of sp³-hybridized carbons (Fsp3) is 0.312. The van der Waals surface area contributed by atoms with Gasteiger partial charge in [0, 0.05) is 31.0 Å². The first-order valence-electron chi connectivity index (χ1n) is 7.67. The molecule has 0 radical (unpaired) electrons. The summed E-state index contributed by atoms with van der Waals surface area (Å²) in [5, 5.41) is 3.38. The summed E-state index contributed by atoms with van der Waals surface area (Å²) in [5.41, 5.74) is 1.44. The molecule has 0 unspecified atom stereocenters. The van der Waals surface area contributed by atoms with Crippen LogP contribution in [0.3, 0.4) is 0 Å². The van der Waals surface area contributed by atoms with Crippen LogP contribution in [0.5, 0.6) is 11.5 Å². The number of fused-ring (bicyclic) bond motifs is 2. The first kappa shape index (κ1) is 16.3. The zero-order valence-electron chi connectivity index (χ0n) is 13.4. The molecule has 2 aliphatic rings. The lowest BCUT2D eigenvalue weighted by Gasteiger charge is -2.09. The van der Waals surface area contributed by atoms with E-state index in [1.165, 1.54) is 16.3 Å². The molecule has 1 aromatic heterocycles. The molecule has 9 heteroatoms. The number of rotatable bonds is 4. The van der Waals surface area contributed by atoms with Crippen molar-refractivity contribution in [3.63, 3.8) is 0 Å². The number of ether oxygens (including phenoxy) is 2. The summed E-state index contributed by atoms with van der Waals surface area (Å²) in [6.45, 7) is 0.193. The van der Waals surface area contributed by atoms with Crippen LogP contribution in [0.2, 0.25) is 0 Å². The molecule has 7 nitrogen and oxygen atoms in total. The summed E-state index contributed by atoms with van der Waals surface area (Å²) in [7, 11) is 1.69. The van der Waals surface area contributed by atoms with E-state index in [9.17, 15) is 9.59 Å². The third-order valence-corrected chi connectivity index (χ3v) is 5.99. The van der Waals surface area contributed by atoms with Gasteiger partial charge >= 0.3 is 0 Å². The maximum atomic E-state index is 12.3. The minimum atomic E-state index is -0.173. The largest absolute Gasteiger partial charge is 0.454 e. The maximum Gasteiger partial charge on any atom is 0.267 e. The molecule has 1 N–H and O–H groups in total. The number of thioether (sulfide) groups is 2. The maximum absolute atomic E-state index is 12.3. The number of aromatic nitrogens is 2.